The Hall–Kier alpha value is -2.77. The molecule has 7 nitrogen and oxygen atoms in total. The summed E-state index contributed by atoms with van der Waals surface area (Å²) in [6.45, 7) is 0.817. The second-order valence-corrected chi connectivity index (χ2v) is 8.05. The molecule has 2 aromatic carbocycles. The van der Waals surface area contributed by atoms with E-state index >= 15 is 0 Å². The molecule has 0 fully saturated rings. The smallest absolute Gasteiger partial charge is 0.322 e. The van der Waals surface area contributed by atoms with Crippen molar-refractivity contribution in [1.82, 2.24) is 10.6 Å². The number of carbonyl (C=O) groups excluding carboxylic acids is 3. The fourth-order valence-electron chi connectivity index (χ4n) is 3.24. The van der Waals surface area contributed by atoms with Crippen LogP contribution in [0.5, 0.6) is 0 Å². The highest BCUT2D eigenvalue weighted by molar-refractivity contribution is 6.35. The maximum atomic E-state index is 12.5. The first kappa shape index (κ1) is 22.9. The van der Waals surface area contributed by atoms with Crippen LogP contribution in [0.2, 0.25) is 10.0 Å². The third-order valence-electron chi connectivity index (χ3n) is 4.86. The van der Waals surface area contributed by atoms with Crippen molar-refractivity contribution < 1.29 is 14.4 Å². The standard InChI is InChI=1S/C22H24Cl2N4O3/c23-16-10-9-15(17(24)12-16)13-26-20(29)8-2-1-5-11-25-22(31)28-14-21(30)27-18-6-3-4-7-19(18)28/h3-4,6-7,9-10,12H,1-2,5,8,11,13-14H2,(H,25,31)(H,26,29)(H,27,30). The number of rotatable bonds is 8. The van der Waals surface area contributed by atoms with Crippen LogP contribution >= 0.6 is 23.2 Å². The zero-order valence-corrected chi connectivity index (χ0v) is 18.4. The minimum Gasteiger partial charge on any atom is -0.352 e. The number of carbonyl (C=O) groups is 3. The monoisotopic (exact) mass is 462 g/mol. The third-order valence-corrected chi connectivity index (χ3v) is 5.45. The molecule has 0 bridgehead atoms. The first-order chi connectivity index (χ1) is 14.9. The van der Waals surface area contributed by atoms with Gasteiger partial charge in [0.1, 0.15) is 6.54 Å². The van der Waals surface area contributed by atoms with Gasteiger partial charge in [-0.25, -0.2) is 4.79 Å². The number of para-hydroxylation sites is 2. The van der Waals surface area contributed by atoms with Crippen LogP contribution in [0.15, 0.2) is 42.5 Å². The molecule has 31 heavy (non-hydrogen) atoms. The van der Waals surface area contributed by atoms with E-state index < -0.39 is 0 Å². The molecule has 0 aliphatic carbocycles. The number of nitrogens with one attached hydrogen (secondary N) is 3. The molecule has 0 spiro atoms. The van der Waals surface area contributed by atoms with E-state index in [1.165, 1.54) is 4.90 Å². The highest BCUT2D eigenvalue weighted by atomic mass is 35.5. The lowest BCUT2D eigenvalue weighted by Crippen LogP contribution is -2.47. The zero-order valence-electron chi connectivity index (χ0n) is 16.9. The van der Waals surface area contributed by atoms with Crippen molar-refractivity contribution in [3.05, 3.63) is 58.1 Å². The molecule has 0 aromatic heterocycles. The molecule has 4 amide bonds. The van der Waals surface area contributed by atoms with Gasteiger partial charge in [-0.1, -0.05) is 47.8 Å². The highest BCUT2D eigenvalue weighted by Crippen LogP contribution is 2.28. The Morgan fingerprint density at radius 2 is 1.84 bits per heavy atom. The number of halogens is 2. The Labute approximate surface area is 191 Å². The lowest BCUT2D eigenvalue weighted by atomic mass is 10.1. The molecule has 1 aliphatic rings. The average molecular weight is 463 g/mol. The summed E-state index contributed by atoms with van der Waals surface area (Å²) >= 11 is 12.0. The highest BCUT2D eigenvalue weighted by Gasteiger charge is 2.26. The summed E-state index contributed by atoms with van der Waals surface area (Å²) in [7, 11) is 0. The summed E-state index contributed by atoms with van der Waals surface area (Å²) in [4.78, 5) is 37.7. The van der Waals surface area contributed by atoms with Crippen molar-refractivity contribution in [3.8, 4) is 0 Å². The normalized spacial score (nSPS) is 12.7. The Kier molecular flexibility index (Phi) is 8.14. The number of amides is 4. The Balaban J connectivity index is 1.32. The quantitative estimate of drug-likeness (QED) is 0.509. The molecule has 2 aromatic rings. The molecular formula is C22H24Cl2N4O3. The maximum absolute atomic E-state index is 12.5. The summed E-state index contributed by atoms with van der Waals surface area (Å²) in [6.07, 6.45) is 2.65. The van der Waals surface area contributed by atoms with E-state index in [1.54, 1.807) is 36.4 Å². The summed E-state index contributed by atoms with van der Waals surface area (Å²) in [5, 5.41) is 9.52. The van der Waals surface area contributed by atoms with Crippen molar-refractivity contribution in [2.24, 2.45) is 0 Å². The SMILES string of the molecule is O=C(CCCCCNC(=O)N1CC(=O)Nc2ccccc21)NCc1ccc(Cl)cc1Cl. The van der Waals surface area contributed by atoms with Gasteiger partial charge in [-0.05, 0) is 42.7 Å². The van der Waals surface area contributed by atoms with Gasteiger partial charge in [-0.2, -0.15) is 0 Å². The molecule has 3 N–H and O–H groups in total. The molecular weight excluding hydrogens is 439 g/mol. The number of urea groups is 1. The van der Waals surface area contributed by atoms with Crippen LogP contribution in [0.1, 0.15) is 31.2 Å². The van der Waals surface area contributed by atoms with E-state index in [2.05, 4.69) is 16.0 Å². The van der Waals surface area contributed by atoms with Gasteiger partial charge in [0, 0.05) is 29.6 Å². The van der Waals surface area contributed by atoms with Gasteiger partial charge in [0.2, 0.25) is 11.8 Å². The molecule has 3 rings (SSSR count). The van der Waals surface area contributed by atoms with Gasteiger partial charge in [0.15, 0.2) is 0 Å². The van der Waals surface area contributed by atoms with E-state index in [0.717, 1.165) is 18.4 Å². The number of hydrogen-bond donors (Lipinski definition) is 3. The first-order valence-electron chi connectivity index (χ1n) is 10.1. The van der Waals surface area contributed by atoms with Crippen LogP contribution in [-0.4, -0.2) is 30.9 Å². The predicted molar refractivity (Wildman–Crippen MR) is 123 cm³/mol. The van der Waals surface area contributed by atoms with E-state index in [1.807, 2.05) is 6.07 Å². The number of fused-ring (bicyclic) bond motifs is 1. The van der Waals surface area contributed by atoms with Crippen LogP contribution < -0.4 is 20.9 Å². The van der Waals surface area contributed by atoms with Gasteiger partial charge >= 0.3 is 6.03 Å². The van der Waals surface area contributed by atoms with Crippen LogP contribution in [0.3, 0.4) is 0 Å². The largest absolute Gasteiger partial charge is 0.352 e. The number of benzene rings is 2. The topological polar surface area (TPSA) is 90.5 Å². The van der Waals surface area contributed by atoms with Crippen molar-refractivity contribution in [3.63, 3.8) is 0 Å². The molecule has 0 saturated carbocycles. The van der Waals surface area contributed by atoms with E-state index in [9.17, 15) is 14.4 Å². The summed E-state index contributed by atoms with van der Waals surface area (Å²) in [5.41, 5.74) is 2.12. The van der Waals surface area contributed by atoms with Crippen LogP contribution in [0.4, 0.5) is 16.2 Å². The molecule has 0 saturated heterocycles. The van der Waals surface area contributed by atoms with E-state index in [0.29, 0.717) is 47.4 Å². The molecule has 0 radical (unpaired) electrons. The second kappa shape index (κ2) is 11.0. The van der Waals surface area contributed by atoms with Crippen LogP contribution in [-0.2, 0) is 16.1 Å². The molecule has 164 valence electrons. The molecule has 1 aliphatic heterocycles. The lowest BCUT2D eigenvalue weighted by Gasteiger charge is -2.29. The number of unbranched alkanes of at least 4 members (excludes halogenated alkanes) is 2. The van der Waals surface area contributed by atoms with Gasteiger partial charge in [0.25, 0.3) is 0 Å². The summed E-state index contributed by atoms with van der Waals surface area (Å²) in [6, 6.07) is 12.1. The lowest BCUT2D eigenvalue weighted by molar-refractivity contribution is -0.121. The maximum Gasteiger partial charge on any atom is 0.322 e. The van der Waals surface area contributed by atoms with Gasteiger partial charge in [0.05, 0.1) is 11.4 Å². The first-order valence-corrected chi connectivity index (χ1v) is 10.8. The number of nitrogens with zero attached hydrogens (tertiary/aromatic N) is 1. The molecule has 9 heteroatoms. The van der Waals surface area contributed by atoms with Crippen molar-refractivity contribution in [2.75, 3.05) is 23.3 Å². The Morgan fingerprint density at radius 1 is 1.03 bits per heavy atom. The van der Waals surface area contributed by atoms with Crippen LogP contribution in [0.25, 0.3) is 0 Å². The van der Waals surface area contributed by atoms with E-state index in [4.69, 9.17) is 23.2 Å². The predicted octanol–water partition coefficient (Wildman–Crippen LogP) is 4.34. The number of hydrogen-bond acceptors (Lipinski definition) is 3. The molecule has 1 heterocycles. The fraction of sp³-hybridized carbons (Fsp3) is 0.318. The zero-order chi connectivity index (χ0) is 22.2. The summed E-state index contributed by atoms with van der Waals surface area (Å²) in [5.74, 6) is -0.272. The van der Waals surface area contributed by atoms with E-state index in [-0.39, 0.29) is 24.4 Å². The van der Waals surface area contributed by atoms with Gasteiger partial charge in [-0.15, -0.1) is 0 Å². The average Bonchev–Trinajstić information content (AvgIpc) is 2.74. The Morgan fingerprint density at radius 3 is 2.65 bits per heavy atom. The minimum absolute atomic E-state index is 0.0132. The minimum atomic E-state index is -0.306. The molecule has 0 unspecified atom stereocenters. The number of anilines is 2. The molecule has 0 atom stereocenters. The van der Waals surface area contributed by atoms with Gasteiger partial charge < -0.3 is 16.0 Å². The second-order valence-electron chi connectivity index (χ2n) is 7.21. The fourth-order valence-corrected chi connectivity index (χ4v) is 3.72. The van der Waals surface area contributed by atoms with Crippen molar-refractivity contribution in [2.45, 2.75) is 32.2 Å². The van der Waals surface area contributed by atoms with Crippen molar-refractivity contribution in [1.29, 1.82) is 0 Å². The summed E-state index contributed by atoms with van der Waals surface area (Å²) < 4.78 is 0. The van der Waals surface area contributed by atoms with Crippen molar-refractivity contribution >= 4 is 52.4 Å². The van der Waals surface area contributed by atoms with Crippen LogP contribution in [0, 0.1) is 0 Å². The Bertz CT molecular complexity index is 968. The third kappa shape index (κ3) is 6.60. The van der Waals surface area contributed by atoms with Gasteiger partial charge in [-0.3, -0.25) is 14.5 Å².